The first-order chi connectivity index (χ1) is 20.1. The van der Waals surface area contributed by atoms with E-state index in [1.807, 2.05) is 0 Å². The SMILES string of the molecule is COC1=CC(F)=C(CN2C(=O)N(C)C(=O)C23CCN(C(=O)C(NC(=O)c2cc(C(F)(F)F)ccc2F)C(C)C)CC3)CC1. The number of nitrogens with zero attached hydrogens (tertiary/aromatic N) is 3. The number of nitrogens with one attached hydrogen (secondary N) is 1. The van der Waals surface area contributed by atoms with Crippen molar-refractivity contribution in [1.82, 2.24) is 20.0 Å². The monoisotopic (exact) mass is 612 g/mol. The number of amides is 5. The number of carbonyl (C=O) groups excluding carboxylic acids is 4. The molecule has 1 aliphatic carbocycles. The van der Waals surface area contributed by atoms with E-state index in [1.54, 1.807) is 13.8 Å². The number of likely N-dealkylation sites (tertiary alicyclic amines) is 1. The van der Waals surface area contributed by atoms with Gasteiger partial charge in [-0.3, -0.25) is 19.3 Å². The highest BCUT2D eigenvalue weighted by molar-refractivity contribution is 6.07. The number of allylic oxidation sites excluding steroid dienone is 3. The Morgan fingerprint density at radius 3 is 2.30 bits per heavy atom. The van der Waals surface area contributed by atoms with Crippen LogP contribution in [0.15, 0.2) is 41.4 Å². The third kappa shape index (κ3) is 6.09. The second kappa shape index (κ2) is 12.0. The highest BCUT2D eigenvalue weighted by Crippen LogP contribution is 2.39. The zero-order valence-corrected chi connectivity index (χ0v) is 24.2. The minimum Gasteiger partial charge on any atom is -0.501 e. The normalized spacial score (nSPS) is 19.8. The van der Waals surface area contributed by atoms with Gasteiger partial charge in [-0.1, -0.05) is 13.8 Å². The highest BCUT2D eigenvalue weighted by atomic mass is 19.4. The lowest BCUT2D eigenvalue weighted by molar-refractivity contribution is -0.142. The van der Waals surface area contributed by atoms with Crippen LogP contribution in [0.2, 0.25) is 0 Å². The summed E-state index contributed by atoms with van der Waals surface area (Å²) < 4.78 is 73.6. The van der Waals surface area contributed by atoms with Gasteiger partial charge in [0.2, 0.25) is 5.91 Å². The Hall–Kier alpha value is -3.97. The van der Waals surface area contributed by atoms with Crippen LogP contribution in [-0.2, 0) is 20.5 Å². The smallest absolute Gasteiger partial charge is 0.416 e. The largest absolute Gasteiger partial charge is 0.501 e. The van der Waals surface area contributed by atoms with Gasteiger partial charge in [-0.15, -0.1) is 0 Å². The molecule has 1 aromatic rings. The van der Waals surface area contributed by atoms with Crippen LogP contribution in [0.4, 0.5) is 26.7 Å². The molecule has 4 rings (SSSR count). The summed E-state index contributed by atoms with van der Waals surface area (Å²) in [5.41, 5.74) is -3.02. The van der Waals surface area contributed by atoms with Crippen molar-refractivity contribution in [3.63, 3.8) is 0 Å². The average Bonchev–Trinajstić information content (AvgIpc) is 3.12. The molecular formula is C29H33F5N4O5. The summed E-state index contributed by atoms with van der Waals surface area (Å²) in [7, 11) is 2.78. The molecule has 0 radical (unpaired) electrons. The summed E-state index contributed by atoms with van der Waals surface area (Å²) in [5, 5.41) is 2.37. The molecule has 43 heavy (non-hydrogen) atoms. The summed E-state index contributed by atoms with van der Waals surface area (Å²) >= 11 is 0. The Labute approximate surface area is 245 Å². The van der Waals surface area contributed by atoms with Gasteiger partial charge in [-0.2, -0.15) is 13.2 Å². The number of methoxy groups -OCH3 is 1. The molecule has 5 amide bonds. The van der Waals surface area contributed by atoms with Crippen molar-refractivity contribution in [3.05, 3.63) is 58.4 Å². The zero-order valence-electron chi connectivity index (χ0n) is 24.2. The second-order valence-electron chi connectivity index (χ2n) is 11.2. The van der Waals surface area contributed by atoms with Crippen LogP contribution in [0.5, 0.6) is 0 Å². The molecule has 1 unspecified atom stereocenters. The Morgan fingerprint density at radius 1 is 1.09 bits per heavy atom. The van der Waals surface area contributed by atoms with E-state index >= 15 is 0 Å². The summed E-state index contributed by atoms with van der Waals surface area (Å²) in [6.45, 7) is 3.13. The molecule has 2 saturated heterocycles. The fourth-order valence-corrected chi connectivity index (χ4v) is 5.70. The van der Waals surface area contributed by atoms with Gasteiger partial charge in [-0.05, 0) is 49.0 Å². The molecule has 1 N–H and O–H groups in total. The van der Waals surface area contributed by atoms with Crippen LogP contribution in [0.25, 0.3) is 0 Å². The van der Waals surface area contributed by atoms with Crippen LogP contribution in [0.3, 0.4) is 0 Å². The fourth-order valence-electron chi connectivity index (χ4n) is 5.70. The van der Waals surface area contributed by atoms with E-state index < -0.39 is 70.2 Å². The Balaban J connectivity index is 1.50. The number of ether oxygens (including phenoxy) is 1. The summed E-state index contributed by atoms with van der Waals surface area (Å²) in [6, 6.07) is -0.343. The lowest BCUT2D eigenvalue weighted by atomic mass is 9.84. The molecule has 14 heteroatoms. The van der Waals surface area contributed by atoms with Gasteiger partial charge in [0, 0.05) is 39.2 Å². The fraction of sp³-hybridized carbons (Fsp3) is 0.517. The van der Waals surface area contributed by atoms with Crippen molar-refractivity contribution in [2.45, 2.75) is 57.3 Å². The third-order valence-electron chi connectivity index (χ3n) is 8.31. The van der Waals surface area contributed by atoms with E-state index in [1.165, 1.54) is 30.0 Å². The quantitative estimate of drug-likeness (QED) is 0.364. The molecule has 1 atom stereocenters. The van der Waals surface area contributed by atoms with E-state index in [2.05, 4.69) is 5.32 Å². The van der Waals surface area contributed by atoms with Gasteiger partial charge < -0.3 is 19.9 Å². The molecular weight excluding hydrogens is 579 g/mol. The van der Waals surface area contributed by atoms with Gasteiger partial charge in [0.1, 0.15) is 23.2 Å². The van der Waals surface area contributed by atoms with E-state index in [9.17, 15) is 41.1 Å². The number of benzene rings is 1. The van der Waals surface area contributed by atoms with E-state index in [0.717, 1.165) is 4.90 Å². The predicted octanol–water partition coefficient (Wildman–Crippen LogP) is 4.40. The van der Waals surface area contributed by atoms with Crippen molar-refractivity contribution in [3.8, 4) is 0 Å². The van der Waals surface area contributed by atoms with E-state index in [-0.39, 0.29) is 32.5 Å². The van der Waals surface area contributed by atoms with Crippen LogP contribution < -0.4 is 5.32 Å². The number of hydrogen-bond acceptors (Lipinski definition) is 5. The molecule has 2 heterocycles. The molecule has 1 aromatic carbocycles. The number of urea groups is 1. The standard InChI is InChI=1S/C29H33F5N4O5/c1-16(2)23(35-24(39)20-13-18(29(32,33)34)6-8-21(20)30)25(40)37-11-9-28(10-12-37)26(41)36(3)27(42)38(28)15-17-5-7-19(43-4)14-22(17)31/h6,8,13-14,16,23H,5,7,9-12,15H2,1-4H3,(H,35,39). The Kier molecular flexibility index (Phi) is 8.89. The van der Waals surface area contributed by atoms with E-state index in [0.29, 0.717) is 42.4 Å². The van der Waals surface area contributed by atoms with Gasteiger partial charge >= 0.3 is 12.2 Å². The molecule has 0 aromatic heterocycles. The number of hydrogen-bond donors (Lipinski definition) is 1. The molecule has 1 spiro atoms. The minimum absolute atomic E-state index is 0.00839. The number of imide groups is 1. The second-order valence-corrected chi connectivity index (χ2v) is 11.2. The third-order valence-corrected chi connectivity index (χ3v) is 8.31. The molecule has 0 saturated carbocycles. The van der Waals surface area contributed by atoms with Gasteiger partial charge in [-0.25, -0.2) is 13.6 Å². The van der Waals surface area contributed by atoms with Gasteiger partial charge in [0.05, 0.1) is 24.0 Å². The number of rotatable bonds is 7. The maximum Gasteiger partial charge on any atom is 0.416 e. The van der Waals surface area contributed by atoms with Crippen molar-refractivity contribution >= 4 is 23.8 Å². The van der Waals surface area contributed by atoms with E-state index in [4.69, 9.17) is 4.74 Å². The topological polar surface area (TPSA) is 99.3 Å². The Morgan fingerprint density at radius 2 is 1.74 bits per heavy atom. The molecule has 2 fully saturated rings. The van der Waals surface area contributed by atoms with Crippen LogP contribution in [0, 0.1) is 11.7 Å². The summed E-state index contributed by atoms with van der Waals surface area (Å²) in [5.74, 6) is -3.98. The molecule has 3 aliphatic rings. The predicted molar refractivity (Wildman–Crippen MR) is 143 cm³/mol. The number of carbonyl (C=O) groups is 4. The first kappa shape index (κ1) is 32.0. The first-order valence-electron chi connectivity index (χ1n) is 13.8. The Bertz CT molecular complexity index is 1380. The van der Waals surface area contributed by atoms with Gasteiger partial charge in [0.15, 0.2) is 0 Å². The molecule has 9 nitrogen and oxygen atoms in total. The number of alkyl halides is 3. The summed E-state index contributed by atoms with van der Waals surface area (Å²) in [6.07, 6.45) is -2.72. The molecule has 2 aliphatic heterocycles. The van der Waals surface area contributed by atoms with Crippen LogP contribution in [0.1, 0.15) is 55.5 Å². The minimum atomic E-state index is -4.80. The first-order valence-corrected chi connectivity index (χ1v) is 13.8. The van der Waals surface area contributed by atoms with Crippen molar-refractivity contribution in [1.29, 1.82) is 0 Å². The highest BCUT2D eigenvalue weighted by Gasteiger charge is 2.57. The lowest BCUT2D eigenvalue weighted by Crippen LogP contribution is -2.60. The van der Waals surface area contributed by atoms with Crippen LogP contribution in [-0.4, -0.2) is 83.8 Å². The number of piperidine rings is 1. The molecule has 0 bridgehead atoms. The maximum atomic E-state index is 14.8. The van der Waals surface area contributed by atoms with Crippen molar-refractivity contribution < 1.29 is 45.9 Å². The number of halogens is 5. The number of likely N-dealkylation sites (N-methyl/N-ethyl adjacent to an activating group) is 1. The lowest BCUT2D eigenvalue weighted by Gasteiger charge is -2.43. The maximum absolute atomic E-state index is 14.8. The van der Waals surface area contributed by atoms with Crippen molar-refractivity contribution in [2.75, 3.05) is 33.8 Å². The summed E-state index contributed by atoms with van der Waals surface area (Å²) in [4.78, 5) is 56.5. The zero-order chi connectivity index (χ0) is 31.9. The van der Waals surface area contributed by atoms with Gasteiger partial charge in [0.25, 0.3) is 11.8 Å². The van der Waals surface area contributed by atoms with Crippen molar-refractivity contribution in [2.24, 2.45) is 5.92 Å². The molecule has 234 valence electrons. The van der Waals surface area contributed by atoms with Crippen LogP contribution >= 0.6 is 0 Å². The average molecular weight is 613 g/mol.